The number of hydrogen-bond donors (Lipinski definition) is 4. The molecule has 1 aromatic heterocycles. The van der Waals surface area contributed by atoms with Crippen molar-refractivity contribution in [2.75, 3.05) is 19.0 Å². The highest BCUT2D eigenvalue weighted by molar-refractivity contribution is 5.97. The summed E-state index contributed by atoms with van der Waals surface area (Å²) in [6.45, 7) is 1.13. The molecule has 1 aliphatic carbocycles. The quantitative estimate of drug-likeness (QED) is 0.177. The highest BCUT2D eigenvalue weighted by Gasteiger charge is 2.38. The van der Waals surface area contributed by atoms with Gasteiger partial charge in [0.05, 0.1) is 25.0 Å². The van der Waals surface area contributed by atoms with Gasteiger partial charge in [0.15, 0.2) is 0 Å². The molecule has 10 nitrogen and oxygen atoms in total. The predicted octanol–water partition coefficient (Wildman–Crippen LogP) is 6.21. The van der Waals surface area contributed by atoms with Crippen molar-refractivity contribution in [2.45, 2.75) is 50.4 Å². The third-order valence-corrected chi connectivity index (χ3v) is 8.18. The summed E-state index contributed by atoms with van der Waals surface area (Å²) in [6.07, 6.45) is 0.00919. The van der Waals surface area contributed by atoms with Crippen LogP contribution in [0.1, 0.15) is 63.2 Å². The summed E-state index contributed by atoms with van der Waals surface area (Å²) in [7, 11) is 1.33. The van der Waals surface area contributed by atoms with Crippen molar-refractivity contribution in [3.05, 3.63) is 107 Å². The Balaban J connectivity index is 0.000000559. The molecule has 246 valence electrons. The molecule has 4 aromatic rings. The maximum absolute atomic E-state index is 14.1. The van der Waals surface area contributed by atoms with E-state index in [1.807, 2.05) is 59.5 Å². The minimum atomic E-state index is -5.08. The van der Waals surface area contributed by atoms with Gasteiger partial charge in [-0.2, -0.15) is 13.2 Å². The van der Waals surface area contributed by atoms with E-state index in [1.54, 1.807) is 6.20 Å². The van der Waals surface area contributed by atoms with Crippen LogP contribution in [-0.2, 0) is 28.9 Å². The number of H-pyrrole nitrogens is 1. The zero-order chi connectivity index (χ0) is 33.7. The van der Waals surface area contributed by atoms with Gasteiger partial charge in [-0.3, -0.25) is 10.1 Å². The average Bonchev–Trinajstić information content (AvgIpc) is 3.79. The lowest BCUT2D eigenvalue weighted by atomic mass is 9.87. The normalized spacial score (nSPS) is 14.8. The summed E-state index contributed by atoms with van der Waals surface area (Å²) in [5.74, 6) is -1.43. The average molecular weight is 650 g/mol. The molecular weight excluding hydrogens is 615 g/mol. The van der Waals surface area contributed by atoms with E-state index in [-0.39, 0.29) is 11.9 Å². The molecule has 0 bridgehead atoms. The maximum Gasteiger partial charge on any atom is 0.490 e. The van der Waals surface area contributed by atoms with Gasteiger partial charge in [0, 0.05) is 30.8 Å². The third-order valence-electron chi connectivity index (χ3n) is 8.18. The number of ether oxygens (including phenoxy) is 1. The van der Waals surface area contributed by atoms with E-state index < -0.39 is 18.2 Å². The molecule has 1 unspecified atom stereocenters. The second-order valence-electron chi connectivity index (χ2n) is 11.3. The number of aromatic nitrogens is 2. The largest absolute Gasteiger partial charge is 0.490 e. The summed E-state index contributed by atoms with van der Waals surface area (Å²) in [5.41, 5.74) is 14.1. The molecular formula is C34H34F3N5O5. The van der Waals surface area contributed by atoms with E-state index in [4.69, 9.17) is 20.6 Å². The van der Waals surface area contributed by atoms with E-state index in [0.717, 1.165) is 34.6 Å². The van der Waals surface area contributed by atoms with E-state index >= 15 is 0 Å². The molecule has 2 amide bonds. The van der Waals surface area contributed by atoms with Crippen molar-refractivity contribution in [1.82, 2.24) is 14.9 Å². The van der Waals surface area contributed by atoms with E-state index in [0.29, 0.717) is 31.1 Å². The van der Waals surface area contributed by atoms with Gasteiger partial charge < -0.3 is 25.5 Å². The number of carboxylic acids is 1. The summed E-state index contributed by atoms with van der Waals surface area (Å²) in [4.78, 5) is 44.7. The zero-order valence-electron chi connectivity index (χ0n) is 25.5. The third kappa shape index (κ3) is 7.80. The standard InChI is InChI=1S/C32H33N5O3.C2HF3O2/c1-40-32(39)35-24-12-9-21(10-13-24)27-19-34-30(36-27)28(17-20-5-3-2-4-6-20)37-16-15-25-26(31(37)38)14-11-23(18-33)29(25)22-7-8-22;3-2(4,5)1(6)7/h2-6,9-14,19,22,28H,7-8,15-18,33H2,1H3,(H,34,36)(H,35,39);(H,6,7). The number of hydrogen-bond acceptors (Lipinski definition) is 6. The minimum absolute atomic E-state index is 0.0452. The fourth-order valence-corrected chi connectivity index (χ4v) is 5.77. The number of methoxy groups -OCH3 is 1. The van der Waals surface area contributed by atoms with Crippen LogP contribution >= 0.6 is 0 Å². The van der Waals surface area contributed by atoms with Crippen molar-refractivity contribution < 1.29 is 37.4 Å². The van der Waals surface area contributed by atoms with E-state index in [2.05, 4.69) is 27.2 Å². The van der Waals surface area contributed by atoms with Crippen molar-refractivity contribution in [3.63, 3.8) is 0 Å². The van der Waals surface area contributed by atoms with Crippen LogP contribution in [0.15, 0.2) is 72.9 Å². The van der Waals surface area contributed by atoms with Crippen LogP contribution in [0.25, 0.3) is 11.3 Å². The number of aliphatic carboxylic acids is 1. The number of anilines is 1. The lowest BCUT2D eigenvalue weighted by Gasteiger charge is -2.36. The summed E-state index contributed by atoms with van der Waals surface area (Å²) in [5, 5.41) is 9.79. The number of halogens is 3. The van der Waals surface area contributed by atoms with Crippen molar-refractivity contribution in [2.24, 2.45) is 5.73 Å². The molecule has 5 N–H and O–H groups in total. The van der Waals surface area contributed by atoms with Crippen molar-refractivity contribution >= 4 is 23.7 Å². The molecule has 6 rings (SSSR count). The first-order chi connectivity index (χ1) is 22.5. The van der Waals surface area contributed by atoms with Gasteiger partial charge in [-0.25, -0.2) is 14.6 Å². The maximum atomic E-state index is 14.1. The first-order valence-corrected chi connectivity index (χ1v) is 15.0. The van der Waals surface area contributed by atoms with Gasteiger partial charge in [-0.1, -0.05) is 48.5 Å². The number of carbonyl (C=O) groups is 3. The molecule has 3 aromatic carbocycles. The van der Waals surface area contributed by atoms with Crippen molar-refractivity contribution in [3.8, 4) is 11.3 Å². The van der Waals surface area contributed by atoms with Crippen LogP contribution in [0.2, 0.25) is 0 Å². The number of nitrogens with zero attached hydrogens (tertiary/aromatic N) is 2. The Bertz CT molecular complexity index is 1740. The number of amides is 2. The molecule has 2 aliphatic rings. The van der Waals surface area contributed by atoms with Crippen LogP contribution in [0, 0.1) is 0 Å². The number of carboxylic acid groups (broad SMARTS) is 1. The number of fused-ring (bicyclic) bond motifs is 1. The molecule has 13 heteroatoms. The Kier molecular flexibility index (Phi) is 9.95. The monoisotopic (exact) mass is 649 g/mol. The molecule has 2 heterocycles. The van der Waals surface area contributed by atoms with Gasteiger partial charge in [0.1, 0.15) is 5.82 Å². The number of nitrogens with one attached hydrogen (secondary N) is 2. The fourth-order valence-electron chi connectivity index (χ4n) is 5.77. The van der Waals surface area contributed by atoms with Gasteiger partial charge in [0.2, 0.25) is 0 Å². The highest BCUT2D eigenvalue weighted by atomic mass is 19.4. The molecule has 1 aliphatic heterocycles. The number of imidazole rings is 1. The molecule has 1 saturated carbocycles. The molecule has 1 fully saturated rings. The van der Waals surface area contributed by atoms with Gasteiger partial charge in [-0.05, 0) is 71.2 Å². The summed E-state index contributed by atoms with van der Waals surface area (Å²) < 4.78 is 36.4. The number of alkyl halides is 3. The molecule has 47 heavy (non-hydrogen) atoms. The number of nitrogens with two attached hydrogens (primary N) is 1. The Morgan fingerprint density at radius 2 is 1.79 bits per heavy atom. The fraction of sp³-hybridized carbons (Fsp3) is 0.294. The Morgan fingerprint density at radius 1 is 1.11 bits per heavy atom. The first-order valence-electron chi connectivity index (χ1n) is 15.0. The lowest BCUT2D eigenvalue weighted by molar-refractivity contribution is -0.192. The van der Waals surface area contributed by atoms with Crippen molar-refractivity contribution in [1.29, 1.82) is 0 Å². The first kappa shape index (κ1) is 33.2. The SMILES string of the molecule is COC(=O)Nc1ccc(-c2cnc(C(Cc3ccccc3)N3CCc4c(ccc(CN)c4C4CC4)C3=O)[nH]2)cc1.O=C(O)C(F)(F)F. The molecule has 0 radical (unpaired) electrons. The number of carbonyl (C=O) groups excluding carboxylic acids is 2. The molecule has 0 saturated heterocycles. The zero-order valence-corrected chi connectivity index (χ0v) is 25.5. The molecule has 0 spiro atoms. The Labute approximate surface area is 268 Å². The summed E-state index contributed by atoms with van der Waals surface area (Å²) >= 11 is 0. The second kappa shape index (κ2) is 14.1. The summed E-state index contributed by atoms with van der Waals surface area (Å²) in [6, 6.07) is 21.4. The Morgan fingerprint density at radius 3 is 2.38 bits per heavy atom. The van der Waals surface area contributed by atoms with Gasteiger partial charge >= 0.3 is 18.2 Å². The van der Waals surface area contributed by atoms with E-state index in [1.165, 1.54) is 36.6 Å². The number of aromatic amines is 1. The van der Waals surface area contributed by atoms with Gasteiger partial charge in [0.25, 0.3) is 5.91 Å². The predicted molar refractivity (Wildman–Crippen MR) is 168 cm³/mol. The lowest BCUT2D eigenvalue weighted by Crippen LogP contribution is -2.42. The Hall–Kier alpha value is -5.17. The minimum Gasteiger partial charge on any atom is -0.475 e. The van der Waals surface area contributed by atoms with Crippen LogP contribution in [0.3, 0.4) is 0 Å². The second-order valence-corrected chi connectivity index (χ2v) is 11.3. The van der Waals surface area contributed by atoms with E-state index in [9.17, 15) is 22.8 Å². The van der Waals surface area contributed by atoms with Crippen LogP contribution < -0.4 is 11.1 Å². The van der Waals surface area contributed by atoms with Crippen LogP contribution in [0.4, 0.5) is 23.7 Å². The highest BCUT2D eigenvalue weighted by Crippen LogP contribution is 2.45. The number of rotatable bonds is 8. The van der Waals surface area contributed by atoms with Crippen LogP contribution in [-0.4, -0.2) is 57.8 Å². The van der Waals surface area contributed by atoms with Gasteiger partial charge in [-0.15, -0.1) is 0 Å². The topological polar surface area (TPSA) is 151 Å². The molecule has 1 atom stereocenters. The number of benzene rings is 3. The van der Waals surface area contributed by atoms with Crippen LogP contribution in [0.5, 0.6) is 0 Å². The smallest absolute Gasteiger partial charge is 0.475 e.